The van der Waals surface area contributed by atoms with Gasteiger partial charge in [-0.05, 0) is 12.8 Å². The van der Waals surface area contributed by atoms with E-state index in [9.17, 15) is 9.90 Å². The number of rotatable bonds is 12. The summed E-state index contributed by atoms with van der Waals surface area (Å²) in [5.74, 6) is 0.0514. The van der Waals surface area contributed by atoms with Gasteiger partial charge < -0.3 is 5.11 Å². The monoisotopic (exact) mass is 254 g/mol. The van der Waals surface area contributed by atoms with Gasteiger partial charge in [0.1, 0.15) is 0 Å². The van der Waals surface area contributed by atoms with Gasteiger partial charge in [-0.2, -0.15) is 0 Å². The van der Waals surface area contributed by atoms with Crippen molar-refractivity contribution in [3.05, 3.63) is 12.2 Å². The van der Waals surface area contributed by atoms with Crippen molar-refractivity contribution in [3.8, 4) is 0 Å². The molecule has 0 fully saturated rings. The van der Waals surface area contributed by atoms with Gasteiger partial charge in [-0.3, -0.25) is 4.79 Å². The molecule has 0 aromatic heterocycles. The van der Waals surface area contributed by atoms with Crippen LogP contribution < -0.4 is 0 Å². The summed E-state index contributed by atoms with van der Waals surface area (Å²) in [6.07, 6.45) is 9.52. The van der Waals surface area contributed by atoms with Crippen molar-refractivity contribution >= 4 is 5.78 Å². The molecule has 0 spiro atoms. The molecule has 0 amide bonds. The predicted octanol–water partition coefficient (Wildman–Crippen LogP) is 4.41. The molecule has 0 bridgehead atoms. The van der Waals surface area contributed by atoms with Crippen LogP contribution in [0.1, 0.15) is 78.1 Å². The van der Waals surface area contributed by atoms with Crippen molar-refractivity contribution in [2.45, 2.75) is 84.2 Å². The maximum absolute atomic E-state index is 11.8. The van der Waals surface area contributed by atoms with Crippen LogP contribution in [0.3, 0.4) is 0 Å². The lowest BCUT2D eigenvalue weighted by Crippen LogP contribution is -2.17. The Morgan fingerprint density at radius 2 is 1.56 bits per heavy atom. The third-order valence-corrected chi connectivity index (χ3v) is 3.35. The van der Waals surface area contributed by atoms with Crippen LogP contribution in [-0.4, -0.2) is 17.0 Å². The van der Waals surface area contributed by atoms with Crippen LogP contribution in [0.15, 0.2) is 12.2 Å². The number of aliphatic hydroxyl groups is 1. The van der Waals surface area contributed by atoms with Gasteiger partial charge in [0.05, 0.1) is 6.10 Å². The summed E-state index contributed by atoms with van der Waals surface area (Å²) in [6.45, 7) is 8.06. The van der Waals surface area contributed by atoms with Crippen LogP contribution in [0.25, 0.3) is 0 Å². The van der Waals surface area contributed by atoms with Crippen LogP contribution >= 0.6 is 0 Å². The van der Waals surface area contributed by atoms with E-state index in [0.717, 1.165) is 32.1 Å². The number of carbonyl (C=O) groups excluding carboxylic acids is 1. The van der Waals surface area contributed by atoms with Gasteiger partial charge in [0.15, 0.2) is 5.78 Å². The Labute approximate surface area is 112 Å². The number of carbonyl (C=O) groups is 1. The number of unbranched alkanes of at least 4 members (excludes halogenated alkanes) is 6. The minimum atomic E-state index is -0.625. The van der Waals surface area contributed by atoms with Crippen molar-refractivity contribution in [2.24, 2.45) is 0 Å². The molecule has 0 aromatic carbocycles. The third kappa shape index (κ3) is 8.46. The molecule has 1 atom stereocenters. The minimum absolute atomic E-state index is 0.0514. The van der Waals surface area contributed by atoms with Crippen molar-refractivity contribution < 1.29 is 9.90 Å². The van der Waals surface area contributed by atoms with Gasteiger partial charge in [-0.25, -0.2) is 0 Å². The Hall–Kier alpha value is -0.630. The Kier molecular flexibility index (Phi) is 11.1. The number of ketones is 1. The number of hydrogen-bond acceptors (Lipinski definition) is 2. The van der Waals surface area contributed by atoms with Crippen LogP contribution in [0.2, 0.25) is 0 Å². The normalized spacial score (nSPS) is 12.4. The molecule has 0 aliphatic heterocycles. The average Bonchev–Trinajstić information content (AvgIpc) is 2.37. The summed E-state index contributed by atoms with van der Waals surface area (Å²) in [5, 5.41) is 9.84. The molecule has 0 heterocycles. The summed E-state index contributed by atoms with van der Waals surface area (Å²) < 4.78 is 0. The summed E-state index contributed by atoms with van der Waals surface area (Å²) in [5.41, 5.74) is 0.418. The molecule has 0 radical (unpaired) electrons. The van der Waals surface area contributed by atoms with Gasteiger partial charge in [0.25, 0.3) is 0 Å². The topological polar surface area (TPSA) is 37.3 Å². The predicted molar refractivity (Wildman–Crippen MR) is 77.7 cm³/mol. The van der Waals surface area contributed by atoms with E-state index >= 15 is 0 Å². The molecule has 0 saturated heterocycles. The Bertz CT molecular complexity index is 233. The molecule has 0 aromatic rings. The second-order valence-corrected chi connectivity index (χ2v) is 5.12. The highest BCUT2D eigenvalue weighted by molar-refractivity contribution is 5.95. The zero-order valence-corrected chi connectivity index (χ0v) is 12.2. The lowest BCUT2D eigenvalue weighted by Gasteiger charge is -2.12. The number of Topliss-reactive ketones (excluding diaryl/α,β-unsaturated/α-hetero) is 1. The molecule has 2 heteroatoms. The highest BCUT2D eigenvalue weighted by Crippen LogP contribution is 2.14. The summed E-state index contributed by atoms with van der Waals surface area (Å²) in [6, 6.07) is 0. The first-order valence-corrected chi connectivity index (χ1v) is 7.53. The zero-order valence-electron chi connectivity index (χ0n) is 12.2. The fraction of sp³-hybridized carbons (Fsp3) is 0.812. The van der Waals surface area contributed by atoms with Gasteiger partial charge in [-0.1, -0.05) is 65.4 Å². The molecule has 1 unspecified atom stereocenters. The van der Waals surface area contributed by atoms with E-state index in [2.05, 4.69) is 20.4 Å². The Morgan fingerprint density at radius 3 is 2.17 bits per heavy atom. The lowest BCUT2D eigenvalue weighted by molar-refractivity contribution is -0.116. The van der Waals surface area contributed by atoms with E-state index in [4.69, 9.17) is 0 Å². The van der Waals surface area contributed by atoms with E-state index in [0.29, 0.717) is 18.4 Å². The Morgan fingerprint density at radius 1 is 1.00 bits per heavy atom. The number of hydrogen-bond donors (Lipinski definition) is 1. The first-order valence-electron chi connectivity index (χ1n) is 7.53. The quantitative estimate of drug-likeness (QED) is 0.413. The van der Waals surface area contributed by atoms with E-state index in [1.54, 1.807) is 0 Å². The van der Waals surface area contributed by atoms with Crippen molar-refractivity contribution in [1.29, 1.82) is 0 Å². The highest BCUT2D eigenvalue weighted by Gasteiger charge is 2.15. The van der Waals surface area contributed by atoms with Crippen LogP contribution in [-0.2, 0) is 4.79 Å². The highest BCUT2D eigenvalue weighted by atomic mass is 16.3. The van der Waals surface area contributed by atoms with Crippen LogP contribution in [0, 0.1) is 0 Å². The molecular formula is C16H30O2. The van der Waals surface area contributed by atoms with E-state index < -0.39 is 6.10 Å². The molecule has 106 valence electrons. The first kappa shape index (κ1) is 17.4. The summed E-state index contributed by atoms with van der Waals surface area (Å²) in [4.78, 5) is 11.8. The number of aliphatic hydroxyl groups excluding tert-OH is 1. The SMILES string of the molecule is C=C(C(=O)CCCCCCC)C(O)CCCCC. The largest absolute Gasteiger partial charge is 0.388 e. The molecule has 18 heavy (non-hydrogen) atoms. The van der Waals surface area contributed by atoms with Gasteiger partial charge in [-0.15, -0.1) is 0 Å². The smallest absolute Gasteiger partial charge is 0.160 e. The van der Waals surface area contributed by atoms with Gasteiger partial charge in [0.2, 0.25) is 0 Å². The average molecular weight is 254 g/mol. The maximum atomic E-state index is 11.8. The Balaban J connectivity index is 3.70. The van der Waals surface area contributed by atoms with E-state index in [1.807, 2.05) is 0 Å². The summed E-state index contributed by atoms with van der Waals surface area (Å²) in [7, 11) is 0. The maximum Gasteiger partial charge on any atom is 0.160 e. The molecule has 2 nitrogen and oxygen atoms in total. The standard InChI is InChI=1S/C16H30O2/c1-4-6-8-9-11-13-16(18)14(3)15(17)12-10-7-5-2/h15,17H,3-13H2,1-2H3. The second-order valence-electron chi connectivity index (χ2n) is 5.12. The molecule has 0 aliphatic rings. The fourth-order valence-electron chi connectivity index (χ4n) is 2.00. The first-order chi connectivity index (χ1) is 8.63. The molecular weight excluding hydrogens is 224 g/mol. The van der Waals surface area contributed by atoms with Crippen molar-refractivity contribution in [3.63, 3.8) is 0 Å². The van der Waals surface area contributed by atoms with Gasteiger partial charge >= 0.3 is 0 Å². The zero-order chi connectivity index (χ0) is 13.8. The van der Waals surface area contributed by atoms with Crippen molar-refractivity contribution in [2.75, 3.05) is 0 Å². The van der Waals surface area contributed by atoms with Crippen LogP contribution in [0.5, 0.6) is 0 Å². The third-order valence-electron chi connectivity index (χ3n) is 3.35. The van der Waals surface area contributed by atoms with Crippen LogP contribution in [0.4, 0.5) is 0 Å². The lowest BCUT2D eigenvalue weighted by atomic mass is 9.98. The fourth-order valence-corrected chi connectivity index (χ4v) is 2.00. The molecule has 0 rings (SSSR count). The summed E-state index contributed by atoms with van der Waals surface area (Å²) >= 11 is 0. The molecule has 0 aliphatic carbocycles. The van der Waals surface area contributed by atoms with Gasteiger partial charge in [0, 0.05) is 12.0 Å². The second kappa shape index (κ2) is 11.5. The minimum Gasteiger partial charge on any atom is -0.388 e. The van der Waals surface area contributed by atoms with E-state index in [-0.39, 0.29) is 5.78 Å². The molecule has 0 saturated carbocycles. The van der Waals surface area contributed by atoms with Crippen molar-refractivity contribution in [1.82, 2.24) is 0 Å². The molecule has 1 N–H and O–H groups in total. The van der Waals surface area contributed by atoms with E-state index in [1.165, 1.54) is 19.3 Å².